The van der Waals surface area contributed by atoms with Gasteiger partial charge in [0.1, 0.15) is 6.04 Å². The van der Waals surface area contributed by atoms with Crippen LogP contribution in [-0.2, 0) is 4.79 Å². The molecular weight excluding hydrogens is 316 g/mol. The van der Waals surface area contributed by atoms with Gasteiger partial charge in [-0.3, -0.25) is 19.1 Å². The maximum absolute atomic E-state index is 12.7. The summed E-state index contributed by atoms with van der Waals surface area (Å²) in [4.78, 5) is 35.5. The summed E-state index contributed by atoms with van der Waals surface area (Å²) in [6, 6.07) is 10.5. The van der Waals surface area contributed by atoms with Gasteiger partial charge in [-0.15, -0.1) is 0 Å². The molecule has 1 amide bonds. The molecule has 25 heavy (non-hydrogen) atoms. The summed E-state index contributed by atoms with van der Waals surface area (Å²) in [6.45, 7) is 3.06. The van der Waals surface area contributed by atoms with E-state index >= 15 is 0 Å². The van der Waals surface area contributed by atoms with Gasteiger partial charge in [0.15, 0.2) is 0 Å². The Balaban J connectivity index is 1.52. The number of para-hydroxylation sites is 1. The summed E-state index contributed by atoms with van der Waals surface area (Å²) in [5.74, 6) is 0.260. The Morgan fingerprint density at radius 1 is 1.20 bits per heavy atom. The molecular formula is C19H18N4O2. The molecule has 1 saturated heterocycles. The number of hydrogen-bond donors (Lipinski definition) is 0. The number of pyridine rings is 1. The van der Waals surface area contributed by atoms with Gasteiger partial charge in [0.2, 0.25) is 5.91 Å². The summed E-state index contributed by atoms with van der Waals surface area (Å²) >= 11 is 0. The Hall–Kier alpha value is -3.02. The van der Waals surface area contributed by atoms with Crippen molar-refractivity contribution in [1.29, 1.82) is 0 Å². The van der Waals surface area contributed by atoms with Gasteiger partial charge in [0.25, 0.3) is 5.56 Å². The van der Waals surface area contributed by atoms with Gasteiger partial charge in [-0.05, 0) is 30.7 Å². The zero-order valence-corrected chi connectivity index (χ0v) is 13.9. The normalized spacial score (nSPS) is 15.8. The molecule has 1 fully saturated rings. The maximum atomic E-state index is 12.7. The number of amides is 1. The molecule has 3 aromatic rings. The number of benzene rings is 1. The zero-order chi connectivity index (χ0) is 17.4. The average molecular weight is 334 g/mol. The number of fused-ring (bicyclic) bond motifs is 1. The Morgan fingerprint density at radius 2 is 2.00 bits per heavy atom. The van der Waals surface area contributed by atoms with Crippen molar-refractivity contribution < 1.29 is 4.79 Å². The van der Waals surface area contributed by atoms with Crippen molar-refractivity contribution >= 4 is 16.8 Å². The van der Waals surface area contributed by atoms with E-state index in [1.807, 2.05) is 24.4 Å². The molecule has 2 aromatic heterocycles. The number of carbonyl (C=O) groups excluding carboxylic acids is 1. The zero-order valence-electron chi connectivity index (χ0n) is 13.9. The van der Waals surface area contributed by atoms with Crippen LogP contribution < -0.4 is 5.56 Å². The molecule has 1 aliphatic heterocycles. The van der Waals surface area contributed by atoms with Crippen molar-refractivity contribution in [2.75, 3.05) is 13.1 Å². The van der Waals surface area contributed by atoms with Crippen molar-refractivity contribution in [3.63, 3.8) is 0 Å². The number of aromatic nitrogens is 3. The predicted octanol–water partition coefficient (Wildman–Crippen LogP) is 1.98. The highest BCUT2D eigenvalue weighted by Gasteiger charge is 2.34. The molecule has 0 spiro atoms. The van der Waals surface area contributed by atoms with E-state index in [1.54, 1.807) is 36.2 Å². The molecule has 126 valence electrons. The van der Waals surface area contributed by atoms with E-state index in [-0.39, 0.29) is 11.5 Å². The first kappa shape index (κ1) is 15.5. The van der Waals surface area contributed by atoms with Gasteiger partial charge in [-0.1, -0.05) is 18.2 Å². The molecule has 0 saturated carbocycles. The first-order valence-corrected chi connectivity index (χ1v) is 8.30. The molecule has 0 unspecified atom stereocenters. The lowest BCUT2D eigenvalue weighted by Crippen LogP contribution is -2.51. The van der Waals surface area contributed by atoms with Gasteiger partial charge >= 0.3 is 0 Å². The quantitative estimate of drug-likeness (QED) is 0.734. The third-order valence-electron chi connectivity index (χ3n) is 4.81. The van der Waals surface area contributed by atoms with Crippen LogP contribution in [0.25, 0.3) is 10.9 Å². The van der Waals surface area contributed by atoms with Gasteiger partial charge in [0, 0.05) is 31.4 Å². The van der Waals surface area contributed by atoms with Crippen molar-refractivity contribution in [3.8, 4) is 0 Å². The Bertz CT molecular complexity index is 977. The lowest BCUT2D eigenvalue weighted by molar-refractivity contribution is -0.138. The average Bonchev–Trinajstić information content (AvgIpc) is 2.61. The summed E-state index contributed by atoms with van der Waals surface area (Å²) < 4.78 is 1.42. The lowest BCUT2D eigenvalue weighted by atomic mass is 9.92. The van der Waals surface area contributed by atoms with E-state index in [0.717, 1.165) is 5.56 Å². The highest BCUT2D eigenvalue weighted by atomic mass is 16.2. The molecule has 0 radical (unpaired) electrons. The van der Waals surface area contributed by atoms with Crippen LogP contribution in [0.1, 0.15) is 24.4 Å². The Morgan fingerprint density at radius 3 is 2.76 bits per heavy atom. The second kappa shape index (κ2) is 6.12. The topological polar surface area (TPSA) is 68.1 Å². The standard InChI is InChI=1S/C19H18N4O2/c1-13(23-12-21-17-7-3-2-6-16(17)19(23)25)18(24)22-10-15(11-22)14-5-4-8-20-9-14/h2-9,12-13,15H,10-11H2,1H3/t13-/m1/s1. The fraction of sp³-hybridized carbons (Fsp3) is 0.263. The van der Waals surface area contributed by atoms with Gasteiger partial charge in [-0.25, -0.2) is 4.98 Å². The van der Waals surface area contributed by atoms with Gasteiger partial charge in [-0.2, -0.15) is 0 Å². The van der Waals surface area contributed by atoms with Crippen molar-refractivity contribution in [1.82, 2.24) is 19.4 Å². The Labute approximate surface area is 144 Å². The Kier molecular flexibility index (Phi) is 3.80. The van der Waals surface area contributed by atoms with Crippen LogP contribution in [0.4, 0.5) is 0 Å². The molecule has 1 aliphatic rings. The highest BCUT2D eigenvalue weighted by Crippen LogP contribution is 2.28. The fourth-order valence-electron chi connectivity index (χ4n) is 3.23. The van der Waals surface area contributed by atoms with E-state index < -0.39 is 6.04 Å². The van der Waals surface area contributed by atoms with E-state index in [9.17, 15) is 9.59 Å². The fourth-order valence-corrected chi connectivity index (χ4v) is 3.23. The smallest absolute Gasteiger partial charge is 0.261 e. The summed E-state index contributed by atoms with van der Waals surface area (Å²) in [7, 11) is 0. The molecule has 0 bridgehead atoms. The van der Waals surface area contributed by atoms with Crippen LogP contribution in [0.5, 0.6) is 0 Å². The molecule has 6 nitrogen and oxygen atoms in total. The predicted molar refractivity (Wildman–Crippen MR) is 94.3 cm³/mol. The lowest BCUT2D eigenvalue weighted by Gasteiger charge is -2.40. The molecule has 4 rings (SSSR count). The van der Waals surface area contributed by atoms with Crippen LogP contribution >= 0.6 is 0 Å². The molecule has 1 atom stereocenters. The first-order chi connectivity index (χ1) is 12.1. The second-order valence-corrected chi connectivity index (χ2v) is 6.38. The minimum atomic E-state index is -0.570. The minimum absolute atomic E-state index is 0.0562. The minimum Gasteiger partial charge on any atom is -0.340 e. The third-order valence-corrected chi connectivity index (χ3v) is 4.81. The number of nitrogens with zero attached hydrogens (tertiary/aromatic N) is 4. The van der Waals surface area contributed by atoms with E-state index in [2.05, 4.69) is 9.97 Å². The third kappa shape index (κ3) is 2.69. The number of carbonyl (C=O) groups is 1. The second-order valence-electron chi connectivity index (χ2n) is 6.38. The SMILES string of the molecule is C[C@H](C(=O)N1CC(c2cccnc2)C1)n1cnc2ccccc2c1=O. The first-order valence-electron chi connectivity index (χ1n) is 8.30. The highest BCUT2D eigenvalue weighted by molar-refractivity contribution is 5.82. The van der Waals surface area contributed by atoms with Crippen LogP contribution in [0.2, 0.25) is 0 Å². The summed E-state index contributed by atoms with van der Waals surface area (Å²) in [5.41, 5.74) is 1.60. The molecule has 1 aromatic carbocycles. The number of hydrogen-bond acceptors (Lipinski definition) is 4. The summed E-state index contributed by atoms with van der Waals surface area (Å²) in [5, 5.41) is 0.529. The van der Waals surface area contributed by atoms with E-state index in [0.29, 0.717) is 29.9 Å². The van der Waals surface area contributed by atoms with E-state index in [1.165, 1.54) is 10.9 Å². The molecule has 0 N–H and O–H groups in total. The number of likely N-dealkylation sites (tertiary alicyclic amines) is 1. The van der Waals surface area contributed by atoms with E-state index in [4.69, 9.17) is 0 Å². The maximum Gasteiger partial charge on any atom is 0.261 e. The molecule has 6 heteroatoms. The molecule has 3 heterocycles. The van der Waals surface area contributed by atoms with Crippen LogP contribution in [0.15, 0.2) is 59.9 Å². The molecule has 0 aliphatic carbocycles. The monoisotopic (exact) mass is 334 g/mol. The van der Waals surface area contributed by atoms with Crippen molar-refractivity contribution in [3.05, 3.63) is 71.0 Å². The van der Waals surface area contributed by atoms with Crippen LogP contribution in [0, 0.1) is 0 Å². The van der Waals surface area contributed by atoms with Crippen LogP contribution in [0.3, 0.4) is 0 Å². The van der Waals surface area contributed by atoms with Crippen molar-refractivity contribution in [2.45, 2.75) is 18.9 Å². The van der Waals surface area contributed by atoms with Crippen molar-refractivity contribution in [2.24, 2.45) is 0 Å². The van der Waals surface area contributed by atoms with Gasteiger partial charge < -0.3 is 4.90 Å². The number of rotatable bonds is 3. The van der Waals surface area contributed by atoms with Crippen LogP contribution in [-0.4, -0.2) is 38.4 Å². The summed E-state index contributed by atoms with van der Waals surface area (Å²) in [6.07, 6.45) is 5.05. The van der Waals surface area contributed by atoms with Gasteiger partial charge in [0.05, 0.1) is 17.2 Å². The largest absolute Gasteiger partial charge is 0.340 e.